The van der Waals surface area contributed by atoms with Gasteiger partial charge in [0.2, 0.25) is 12.8 Å². The van der Waals surface area contributed by atoms with Crippen LogP contribution in [0.2, 0.25) is 0 Å². The summed E-state index contributed by atoms with van der Waals surface area (Å²) >= 11 is 0. The van der Waals surface area contributed by atoms with Crippen LogP contribution in [0, 0.1) is 11.6 Å². The average molecular weight is 432 g/mol. The number of morpholine rings is 1. The van der Waals surface area contributed by atoms with Gasteiger partial charge in [0.05, 0.1) is 19.8 Å². The van der Waals surface area contributed by atoms with Crippen molar-refractivity contribution in [2.45, 2.75) is 0 Å². The summed E-state index contributed by atoms with van der Waals surface area (Å²) in [5, 5.41) is 5.46. The van der Waals surface area contributed by atoms with Crippen LogP contribution < -0.4 is 20.1 Å². The number of rotatable bonds is 5. The molecule has 164 valence electrons. The summed E-state index contributed by atoms with van der Waals surface area (Å²) < 4.78 is 43.0. The Morgan fingerprint density at radius 1 is 1.03 bits per heavy atom. The van der Waals surface area contributed by atoms with E-state index in [0.717, 1.165) is 31.3 Å². The maximum Gasteiger partial charge on any atom is 0.258 e. The smallest absolute Gasteiger partial charge is 0.258 e. The van der Waals surface area contributed by atoms with E-state index < -0.39 is 17.5 Å². The standard InChI is InChI=1S/C21H22F2N4O4/c22-15-10-16(23)12-17(11-15)25-21(24-3-4-27-5-7-29-8-6-27)26-20(28)14-1-2-18-19(9-14)31-13-30-18/h1-2,9-12H,3-8,13H2,(H2,24,25,26,28). The molecule has 2 aliphatic rings. The van der Waals surface area contributed by atoms with Gasteiger partial charge in [-0.3, -0.25) is 20.0 Å². The lowest BCUT2D eigenvalue weighted by atomic mass is 10.2. The third kappa shape index (κ3) is 5.68. The van der Waals surface area contributed by atoms with Crippen LogP contribution in [0.15, 0.2) is 41.4 Å². The Morgan fingerprint density at radius 2 is 1.77 bits per heavy atom. The van der Waals surface area contributed by atoms with E-state index in [4.69, 9.17) is 14.2 Å². The third-order valence-electron chi connectivity index (χ3n) is 4.78. The van der Waals surface area contributed by atoms with E-state index in [-0.39, 0.29) is 18.4 Å². The van der Waals surface area contributed by atoms with Gasteiger partial charge < -0.3 is 19.5 Å². The van der Waals surface area contributed by atoms with Crippen molar-refractivity contribution in [2.24, 2.45) is 4.99 Å². The lowest BCUT2D eigenvalue weighted by molar-refractivity contribution is 0.0394. The van der Waals surface area contributed by atoms with E-state index in [1.54, 1.807) is 18.2 Å². The first-order chi connectivity index (χ1) is 15.1. The van der Waals surface area contributed by atoms with Crippen molar-refractivity contribution < 1.29 is 27.8 Å². The Labute approximate surface area is 177 Å². The molecule has 0 saturated carbocycles. The number of amides is 1. The lowest BCUT2D eigenvalue weighted by Gasteiger charge is -2.25. The van der Waals surface area contributed by atoms with E-state index in [0.29, 0.717) is 43.4 Å². The number of aliphatic imine (C=N–C) groups is 1. The molecule has 0 unspecified atom stereocenters. The summed E-state index contributed by atoms with van der Waals surface area (Å²) in [6.07, 6.45) is 0. The maximum absolute atomic E-state index is 13.6. The van der Waals surface area contributed by atoms with E-state index in [1.807, 2.05) is 0 Å². The fourth-order valence-electron chi connectivity index (χ4n) is 3.22. The monoisotopic (exact) mass is 432 g/mol. The third-order valence-corrected chi connectivity index (χ3v) is 4.78. The highest BCUT2D eigenvalue weighted by molar-refractivity contribution is 6.10. The van der Waals surface area contributed by atoms with Crippen molar-refractivity contribution in [3.05, 3.63) is 53.6 Å². The highest BCUT2D eigenvalue weighted by atomic mass is 19.1. The molecule has 0 spiro atoms. The minimum Gasteiger partial charge on any atom is -0.454 e. The number of hydrogen-bond acceptors (Lipinski definition) is 6. The summed E-state index contributed by atoms with van der Waals surface area (Å²) in [6.45, 7) is 4.07. The van der Waals surface area contributed by atoms with Crippen LogP contribution in [-0.2, 0) is 4.74 Å². The number of nitrogens with zero attached hydrogens (tertiary/aromatic N) is 2. The zero-order chi connectivity index (χ0) is 21.6. The Bertz CT molecular complexity index is 960. The number of carbonyl (C=O) groups is 1. The van der Waals surface area contributed by atoms with Crippen LogP contribution in [0.5, 0.6) is 11.5 Å². The van der Waals surface area contributed by atoms with Crippen LogP contribution in [0.25, 0.3) is 0 Å². The minimum absolute atomic E-state index is 0.0842. The first-order valence-electron chi connectivity index (χ1n) is 9.85. The SMILES string of the molecule is O=C(NC(=NCCN1CCOCC1)Nc1cc(F)cc(F)c1)c1ccc2c(c1)OCO2. The maximum atomic E-state index is 13.6. The molecule has 0 aliphatic carbocycles. The largest absolute Gasteiger partial charge is 0.454 e. The summed E-state index contributed by atoms with van der Waals surface area (Å²) in [6, 6.07) is 7.80. The first-order valence-corrected chi connectivity index (χ1v) is 9.85. The molecular formula is C21H22F2N4O4. The van der Waals surface area contributed by atoms with Crippen molar-refractivity contribution in [1.29, 1.82) is 0 Å². The molecule has 2 heterocycles. The molecule has 1 saturated heterocycles. The fraction of sp³-hybridized carbons (Fsp3) is 0.333. The Kier molecular flexibility index (Phi) is 6.58. The van der Waals surface area contributed by atoms with Crippen molar-refractivity contribution >= 4 is 17.6 Å². The molecule has 4 rings (SSSR count). The molecule has 8 nitrogen and oxygen atoms in total. The number of fused-ring (bicyclic) bond motifs is 1. The normalized spacial score (nSPS) is 16.3. The topological polar surface area (TPSA) is 84.4 Å². The first kappa shape index (κ1) is 21.0. The lowest BCUT2D eigenvalue weighted by Crippen LogP contribution is -2.39. The highest BCUT2D eigenvalue weighted by Crippen LogP contribution is 2.32. The summed E-state index contributed by atoms with van der Waals surface area (Å²) in [5.74, 6) is -0.814. The quantitative estimate of drug-likeness (QED) is 0.557. The second-order valence-electron chi connectivity index (χ2n) is 6.99. The Balaban J connectivity index is 1.47. The molecule has 0 atom stereocenters. The van der Waals surface area contributed by atoms with Crippen LogP contribution in [0.4, 0.5) is 14.5 Å². The Hall–Kier alpha value is -3.24. The number of ether oxygens (including phenoxy) is 3. The van der Waals surface area contributed by atoms with E-state index in [9.17, 15) is 13.6 Å². The molecule has 10 heteroatoms. The van der Waals surface area contributed by atoms with Crippen molar-refractivity contribution in [3.63, 3.8) is 0 Å². The number of guanidine groups is 1. The number of carbonyl (C=O) groups excluding carboxylic acids is 1. The number of nitrogens with one attached hydrogen (secondary N) is 2. The van der Waals surface area contributed by atoms with Crippen LogP contribution in [0.3, 0.4) is 0 Å². The van der Waals surface area contributed by atoms with Gasteiger partial charge in [-0.05, 0) is 30.3 Å². The highest BCUT2D eigenvalue weighted by Gasteiger charge is 2.17. The van der Waals surface area contributed by atoms with Gasteiger partial charge in [-0.25, -0.2) is 8.78 Å². The molecule has 0 radical (unpaired) electrons. The van der Waals surface area contributed by atoms with E-state index in [2.05, 4.69) is 20.5 Å². The molecule has 2 N–H and O–H groups in total. The van der Waals surface area contributed by atoms with Gasteiger partial charge in [-0.1, -0.05) is 0 Å². The number of anilines is 1. The van der Waals surface area contributed by atoms with E-state index in [1.165, 1.54) is 0 Å². The second kappa shape index (κ2) is 9.71. The molecular weight excluding hydrogens is 410 g/mol. The van der Waals surface area contributed by atoms with E-state index >= 15 is 0 Å². The van der Waals surface area contributed by atoms with Gasteiger partial charge in [-0.15, -0.1) is 0 Å². The molecule has 1 amide bonds. The van der Waals surface area contributed by atoms with Crippen molar-refractivity contribution in [2.75, 3.05) is 51.5 Å². The zero-order valence-electron chi connectivity index (χ0n) is 16.7. The van der Waals surface area contributed by atoms with Crippen LogP contribution in [0.1, 0.15) is 10.4 Å². The zero-order valence-corrected chi connectivity index (χ0v) is 16.7. The molecule has 2 aromatic carbocycles. The molecule has 31 heavy (non-hydrogen) atoms. The Morgan fingerprint density at radius 3 is 2.55 bits per heavy atom. The van der Waals surface area contributed by atoms with Crippen LogP contribution in [-0.4, -0.2) is 63.0 Å². The second-order valence-corrected chi connectivity index (χ2v) is 6.99. The number of halogens is 2. The van der Waals surface area contributed by atoms with Crippen molar-refractivity contribution in [1.82, 2.24) is 10.2 Å². The van der Waals surface area contributed by atoms with Gasteiger partial charge in [0.25, 0.3) is 5.91 Å². The van der Waals surface area contributed by atoms with Crippen molar-refractivity contribution in [3.8, 4) is 11.5 Å². The molecule has 0 bridgehead atoms. The van der Waals surface area contributed by atoms with Gasteiger partial charge in [0.1, 0.15) is 11.6 Å². The molecule has 1 fully saturated rings. The summed E-state index contributed by atoms with van der Waals surface area (Å²) in [7, 11) is 0. The van der Waals surface area contributed by atoms with Gasteiger partial charge >= 0.3 is 0 Å². The number of benzene rings is 2. The van der Waals surface area contributed by atoms with Crippen LogP contribution >= 0.6 is 0 Å². The summed E-state index contributed by atoms with van der Waals surface area (Å²) in [5.41, 5.74) is 0.464. The average Bonchev–Trinajstić information content (AvgIpc) is 3.21. The fourth-order valence-corrected chi connectivity index (χ4v) is 3.22. The van der Waals surface area contributed by atoms with Gasteiger partial charge in [0, 0.05) is 37.0 Å². The molecule has 0 aromatic heterocycles. The minimum atomic E-state index is -0.739. The predicted molar refractivity (Wildman–Crippen MR) is 110 cm³/mol. The predicted octanol–water partition coefficient (Wildman–Crippen LogP) is 2.22. The number of hydrogen-bond donors (Lipinski definition) is 2. The van der Waals surface area contributed by atoms with Gasteiger partial charge in [0.15, 0.2) is 11.5 Å². The molecule has 2 aliphatic heterocycles. The molecule has 2 aromatic rings. The summed E-state index contributed by atoms with van der Waals surface area (Å²) in [4.78, 5) is 19.3. The van der Waals surface area contributed by atoms with Gasteiger partial charge in [-0.2, -0.15) is 0 Å².